The van der Waals surface area contributed by atoms with E-state index in [1.54, 1.807) is 0 Å². The van der Waals surface area contributed by atoms with Crippen LogP contribution in [0.4, 0.5) is 0 Å². The molecule has 2 aromatic rings. The third-order valence-corrected chi connectivity index (χ3v) is 3.92. The van der Waals surface area contributed by atoms with Gasteiger partial charge in [-0.2, -0.15) is 0 Å². The second-order valence-corrected chi connectivity index (χ2v) is 5.75. The van der Waals surface area contributed by atoms with E-state index in [0.29, 0.717) is 6.42 Å². The Labute approximate surface area is 125 Å². The summed E-state index contributed by atoms with van der Waals surface area (Å²) in [5.41, 5.74) is 1.10. The summed E-state index contributed by atoms with van der Waals surface area (Å²) in [6.45, 7) is 1.75. The zero-order chi connectivity index (χ0) is 14.5. The molecule has 0 spiro atoms. The first-order valence-electron chi connectivity index (χ1n) is 7.79. The lowest BCUT2D eigenvalue weighted by molar-refractivity contribution is -0.120. The molecule has 2 aromatic carbocycles. The fourth-order valence-electron chi connectivity index (χ4n) is 2.59. The average molecular weight is 282 g/mol. The number of hydrogen-bond acceptors (Lipinski definition) is 2. The third-order valence-electron chi connectivity index (χ3n) is 3.92. The second kappa shape index (κ2) is 6.72. The summed E-state index contributed by atoms with van der Waals surface area (Å²) < 4.78 is 0. The van der Waals surface area contributed by atoms with E-state index in [1.165, 1.54) is 23.6 Å². The number of carbonyl (C=O) groups excluding carboxylic acids is 1. The summed E-state index contributed by atoms with van der Waals surface area (Å²) in [5, 5.41) is 8.83. The number of rotatable bonds is 7. The number of hydrogen-bond donors (Lipinski definition) is 2. The number of benzene rings is 2. The topological polar surface area (TPSA) is 41.1 Å². The van der Waals surface area contributed by atoms with Crippen molar-refractivity contribution in [3.8, 4) is 0 Å². The number of amides is 1. The van der Waals surface area contributed by atoms with E-state index >= 15 is 0 Å². The highest BCUT2D eigenvalue weighted by Gasteiger charge is 2.19. The van der Waals surface area contributed by atoms with E-state index in [4.69, 9.17) is 0 Å². The van der Waals surface area contributed by atoms with Crippen LogP contribution in [-0.4, -0.2) is 25.0 Å². The summed E-state index contributed by atoms with van der Waals surface area (Å²) in [5.74, 6) is 0.109. The van der Waals surface area contributed by atoms with Gasteiger partial charge in [0.1, 0.15) is 0 Å². The fraction of sp³-hybridized carbons (Fsp3) is 0.389. The Morgan fingerprint density at radius 1 is 1.05 bits per heavy atom. The standard InChI is InChI=1S/C18H22N2O/c21-18(20-12-4-11-19-16-9-10-16)13-15-7-3-6-14-5-1-2-8-17(14)15/h1-3,5-8,16,19H,4,9-13H2,(H,20,21). The van der Waals surface area contributed by atoms with Crippen LogP contribution in [0.3, 0.4) is 0 Å². The quantitative estimate of drug-likeness (QED) is 0.767. The molecule has 1 amide bonds. The van der Waals surface area contributed by atoms with Gasteiger partial charge in [-0.05, 0) is 42.1 Å². The molecule has 0 saturated heterocycles. The highest BCUT2D eigenvalue weighted by molar-refractivity contribution is 5.90. The Morgan fingerprint density at radius 3 is 2.71 bits per heavy atom. The summed E-state index contributed by atoms with van der Waals surface area (Å²) >= 11 is 0. The molecular formula is C18H22N2O. The molecular weight excluding hydrogens is 260 g/mol. The molecule has 3 rings (SSSR count). The Kier molecular flexibility index (Phi) is 4.51. The van der Waals surface area contributed by atoms with E-state index in [1.807, 2.05) is 24.3 Å². The molecule has 0 atom stereocenters. The highest BCUT2D eigenvalue weighted by atomic mass is 16.1. The van der Waals surface area contributed by atoms with Gasteiger partial charge in [-0.1, -0.05) is 42.5 Å². The van der Waals surface area contributed by atoms with Gasteiger partial charge in [-0.15, -0.1) is 0 Å². The molecule has 1 aliphatic carbocycles. The summed E-state index contributed by atoms with van der Waals surface area (Å²) in [4.78, 5) is 12.0. The minimum absolute atomic E-state index is 0.109. The van der Waals surface area contributed by atoms with E-state index in [0.717, 1.165) is 31.1 Å². The van der Waals surface area contributed by atoms with Crippen molar-refractivity contribution in [2.24, 2.45) is 0 Å². The normalized spacial score (nSPS) is 14.3. The van der Waals surface area contributed by atoms with Crippen LogP contribution in [-0.2, 0) is 11.2 Å². The molecule has 0 aliphatic heterocycles. The van der Waals surface area contributed by atoms with Crippen LogP contribution in [0.1, 0.15) is 24.8 Å². The molecule has 3 nitrogen and oxygen atoms in total. The van der Waals surface area contributed by atoms with Gasteiger partial charge in [-0.3, -0.25) is 4.79 Å². The molecule has 110 valence electrons. The van der Waals surface area contributed by atoms with Gasteiger partial charge in [0.15, 0.2) is 0 Å². The van der Waals surface area contributed by atoms with Crippen LogP contribution in [0.2, 0.25) is 0 Å². The van der Waals surface area contributed by atoms with E-state index in [2.05, 4.69) is 28.8 Å². The van der Waals surface area contributed by atoms with E-state index in [9.17, 15) is 4.79 Å². The molecule has 0 aromatic heterocycles. The van der Waals surface area contributed by atoms with Crippen molar-refractivity contribution in [2.75, 3.05) is 13.1 Å². The molecule has 21 heavy (non-hydrogen) atoms. The maximum absolute atomic E-state index is 12.0. The molecule has 3 heteroatoms. The van der Waals surface area contributed by atoms with Gasteiger partial charge < -0.3 is 10.6 Å². The van der Waals surface area contributed by atoms with Gasteiger partial charge in [0.05, 0.1) is 6.42 Å². The van der Waals surface area contributed by atoms with Crippen molar-refractivity contribution in [3.05, 3.63) is 48.0 Å². The maximum Gasteiger partial charge on any atom is 0.224 e. The first kappa shape index (κ1) is 14.1. The lowest BCUT2D eigenvalue weighted by Gasteiger charge is -2.08. The Bertz CT molecular complexity index is 614. The Hall–Kier alpha value is -1.87. The molecule has 1 aliphatic rings. The molecule has 0 bridgehead atoms. The van der Waals surface area contributed by atoms with Crippen LogP contribution in [0.5, 0.6) is 0 Å². The predicted octanol–water partition coefficient (Wildman–Crippen LogP) is 2.64. The monoisotopic (exact) mass is 282 g/mol. The Morgan fingerprint density at radius 2 is 1.86 bits per heavy atom. The maximum atomic E-state index is 12.0. The number of fused-ring (bicyclic) bond motifs is 1. The van der Waals surface area contributed by atoms with Crippen LogP contribution < -0.4 is 10.6 Å². The molecule has 2 N–H and O–H groups in total. The Balaban J connectivity index is 1.48. The van der Waals surface area contributed by atoms with Crippen molar-refractivity contribution in [3.63, 3.8) is 0 Å². The third kappa shape index (κ3) is 4.05. The SMILES string of the molecule is O=C(Cc1cccc2ccccc12)NCCCNC1CC1. The van der Waals surface area contributed by atoms with Crippen molar-refractivity contribution >= 4 is 16.7 Å². The molecule has 0 radical (unpaired) electrons. The highest BCUT2D eigenvalue weighted by Crippen LogP contribution is 2.19. The van der Waals surface area contributed by atoms with Gasteiger partial charge in [0.25, 0.3) is 0 Å². The zero-order valence-corrected chi connectivity index (χ0v) is 12.3. The zero-order valence-electron chi connectivity index (χ0n) is 12.3. The molecule has 0 unspecified atom stereocenters. The largest absolute Gasteiger partial charge is 0.356 e. The molecule has 1 saturated carbocycles. The van der Waals surface area contributed by atoms with E-state index < -0.39 is 0 Å². The summed E-state index contributed by atoms with van der Waals surface area (Å²) in [7, 11) is 0. The van der Waals surface area contributed by atoms with Crippen molar-refractivity contribution in [1.29, 1.82) is 0 Å². The van der Waals surface area contributed by atoms with Crippen molar-refractivity contribution < 1.29 is 4.79 Å². The summed E-state index contributed by atoms with van der Waals surface area (Å²) in [6, 6.07) is 15.1. The van der Waals surface area contributed by atoms with Crippen LogP contribution >= 0.6 is 0 Å². The van der Waals surface area contributed by atoms with E-state index in [-0.39, 0.29) is 5.91 Å². The van der Waals surface area contributed by atoms with Gasteiger partial charge in [0, 0.05) is 12.6 Å². The van der Waals surface area contributed by atoms with Gasteiger partial charge >= 0.3 is 0 Å². The first-order valence-corrected chi connectivity index (χ1v) is 7.79. The van der Waals surface area contributed by atoms with Gasteiger partial charge in [0.2, 0.25) is 5.91 Å². The van der Waals surface area contributed by atoms with Crippen molar-refractivity contribution in [1.82, 2.24) is 10.6 Å². The smallest absolute Gasteiger partial charge is 0.224 e. The lowest BCUT2D eigenvalue weighted by atomic mass is 10.0. The predicted molar refractivity (Wildman–Crippen MR) is 86.3 cm³/mol. The summed E-state index contributed by atoms with van der Waals surface area (Å²) in [6.07, 6.45) is 4.08. The molecule has 0 heterocycles. The average Bonchev–Trinajstić information content (AvgIpc) is 3.31. The lowest BCUT2D eigenvalue weighted by Crippen LogP contribution is -2.29. The first-order chi connectivity index (χ1) is 10.3. The number of nitrogens with one attached hydrogen (secondary N) is 2. The minimum atomic E-state index is 0.109. The number of carbonyl (C=O) groups is 1. The second-order valence-electron chi connectivity index (χ2n) is 5.75. The molecule has 1 fully saturated rings. The van der Waals surface area contributed by atoms with Crippen LogP contribution in [0.25, 0.3) is 10.8 Å². The van der Waals surface area contributed by atoms with Crippen LogP contribution in [0.15, 0.2) is 42.5 Å². The van der Waals surface area contributed by atoms with Gasteiger partial charge in [-0.25, -0.2) is 0 Å². The van der Waals surface area contributed by atoms with Crippen LogP contribution in [0, 0.1) is 0 Å². The fourth-order valence-corrected chi connectivity index (χ4v) is 2.59. The minimum Gasteiger partial charge on any atom is -0.356 e. The van der Waals surface area contributed by atoms with Crippen molar-refractivity contribution in [2.45, 2.75) is 31.7 Å².